The lowest BCUT2D eigenvalue weighted by molar-refractivity contribution is 1.50. The summed E-state index contributed by atoms with van der Waals surface area (Å²) < 4.78 is 0. The number of H-pyrrole nitrogens is 20. The van der Waals surface area contributed by atoms with Crippen LogP contribution in [-0.2, 0) is 0 Å². The molecular formula is C100H56N20. The van der Waals surface area contributed by atoms with Crippen molar-refractivity contribution in [2.24, 2.45) is 0 Å². The summed E-state index contributed by atoms with van der Waals surface area (Å²) in [7, 11) is 0. The molecule has 0 saturated carbocycles. The van der Waals surface area contributed by atoms with Crippen LogP contribution in [0.15, 0.2) is 218 Å². The maximum absolute atomic E-state index is 4.59. The lowest BCUT2D eigenvalue weighted by Crippen LogP contribution is -1.85. The molecule has 24 aromatic heterocycles. The van der Waals surface area contributed by atoms with Crippen molar-refractivity contribution in [3.8, 4) is 0 Å². The van der Waals surface area contributed by atoms with E-state index in [0.29, 0.717) is 0 Å². The summed E-state index contributed by atoms with van der Waals surface area (Å²) in [5.41, 5.74) is 39.6. The highest BCUT2D eigenvalue weighted by molar-refractivity contribution is 6.55. The summed E-state index contributed by atoms with van der Waals surface area (Å²) in [6, 6.07) is 80.7. The lowest BCUT2D eigenvalue weighted by atomic mass is 9.91. The Bertz CT molecular complexity index is 9100. The topological polar surface area (TPSA) is 316 Å². The summed E-state index contributed by atoms with van der Waals surface area (Å²) in [4.78, 5) is 82.5. The van der Waals surface area contributed by atoms with Gasteiger partial charge in [0.1, 0.15) is 0 Å². The molecule has 0 unspecified atom stereocenters. The fourth-order valence-electron chi connectivity index (χ4n) is 23.0. The molecule has 0 aliphatic rings. The molecule has 33 aromatic rings. The van der Waals surface area contributed by atoms with E-state index < -0.39 is 0 Å². The number of hydrogen-bond donors (Lipinski definition) is 20. The zero-order chi connectivity index (χ0) is 76.5. The Hall–Kier alpha value is -17.0. The summed E-state index contributed by atoms with van der Waals surface area (Å²) in [6.45, 7) is 0. The number of aromatic amines is 20. The molecule has 0 spiro atoms. The molecule has 33 rings (SSSR count). The molecule has 9 aromatic carbocycles. The van der Waals surface area contributed by atoms with Crippen LogP contribution in [0.4, 0.5) is 0 Å². The molecule has 24 heterocycles. The summed E-state index contributed by atoms with van der Waals surface area (Å²) >= 11 is 0. The molecular weight excluding hydrogens is 1480 g/mol. The van der Waals surface area contributed by atoms with E-state index in [2.05, 4.69) is 318 Å². The highest BCUT2D eigenvalue weighted by Crippen LogP contribution is 2.58. The molecule has 0 amide bonds. The standard InChI is InChI=1S/C100H56N20/c1-9-45-21-53-29-61-69-70-63-31-55-23-47-11-3-39(103-47)18-40-5-13-49(105-40)25-57-33-65-73-74-66-34-58-26-50-14-6-43(106-50)20-44-8-16-52(108-44)28-60-36-68-76-75-67-35-59-27-51-15-7-42(107-51)19-41-4-12-48(104-41)24-56-32-64-72-71-62-30-54(22-46-10-2-38(102-46)17-37(1)101-45)110-86(62)77(85(61)109-53)81-93(69)117-94(70)82(78(87(63)111-55)88(65)112-57)96(73)119-99(74)84(80(91(66)115-58)92(68)116-60)100(76)120-98(75)83(97(72)118-95(71)81)79(89(64)113-56)90(67)114-59/h1-36,101-120H. The minimum atomic E-state index is 0.959. The van der Waals surface area contributed by atoms with Crippen molar-refractivity contribution in [3.63, 3.8) is 0 Å². The molecule has 0 radical (unpaired) electrons. The normalized spacial score (nSPS) is 13.3. The van der Waals surface area contributed by atoms with Crippen LogP contribution in [0.2, 0.25) is 0 Å². The predicted octanol–water partition coefficient (Wildman–Crippen LogP) is 26.8. The Labute approximate surface area is 663 Å². The second-order valence-electron chi connectivity index (χ2n) is 34.3. The van der Waals surface area contributed by atoms with E-state index >= 15 is 0 Å². The maximum Gasteiger partial charge on any atom is 0.0574 e. The van der Waals surface area contributed by atoms with Crippen molar-refractivity contribution in [2.45, 2.75) is 0 Å². The number of rotatable bonds is 0. The monoisotopic (exact) mass is 1540 g/mol. The number of nitrogens with one attached hydrogen (secondary N) is 20. The second kappa shape index (κ2) is 19.5. The second-order valence-corrected chi connectivity index (χ2v) is 34.3. The van der Waals surface area contributed by atoms with Gasteiger partial charge in [0.05, 0.1) is 88.3 Å². The van der Waals surface area contributed by atoms with E-state index in [4.69, 9.17) is 0 Å². The van der Waals surface area contributed by atoms with E-state index in [1.54, 1.807) is 0 Å². The lowest BCUT2D eigenvalue weighted by Gasteiger charge is -2.10. The quantitative estimate of drug-likeness (QED) is 0.0674. The summed E-state index contributed by atoms with van der Waals surface area (Å²) in [6.07, 6.45) is 0. The number of hydrogen-bond acceptors (Lipinski definition) is 0. The maximum atomic E-state index is 4.59. The van der Waals surface area contributed by atoms with Crippen LogP contribution < -0.4 is 0 Å². The zero-order valence-electron chi connectivity index (χ0n) is 62.8. The summed E-state index contributed by atoms with van der Waals surface area (Å²) in [5, 5.41) is 25.9. The fraction of sp³-hybridized carbons (Fsp3) is 0. The van der Waals surface area contributed by atoms with Crippen molar-refractivity contribution in [1.29, 1.82) is 0 Å². The predicted molar refractivity (Wildman–Crippen MR) is 500 cm³/mol. The molecule has 0 saturated heterocycles. The van der Waals surface area contributed by atoms with E-state index in [1.807, 2.05) is 0 Å². The average Bonchev–Trinajstić information content (AvgIpc) is 1.49. The van der Waals surface area contributed by atoms with Crippen molar-refractivity contribution >= 4 is 350 Å². The Morgan fingerprint density at radius 2 is 0.192 bits per heavy atom. The van der Waals surface area contributed by atoms with Crippen LogP contribution in [-0.4, -0.2) is 99.7 Å². The Balaban J connectivity index is 0.912. The van der Waals surface area contributed by atoms with Gasteiger partial charge in [-0.3, -0.25) is 0 Å². The van der Waals surface area contributed by atoms with Gasteiger partial charge < -0.3 is 99.7 Å². The van der Waals surface area contributed by atoms with Crippen molar-refractivity contribution in [2.75, 3.05) is 0 Å². The van der Waals surface area contributed by atoms with Gasteiger partial charge in [0.25, 0.3) is 0 Å². The molecule has 20 heteroatoms. The molecule has 0 fully saturated rings. The Morgan fingerprint density at radius 1 is 0.0833 bits per heavy atom. The van der Waals surface area contributed by atoms with Crippen LogP contribution in [0.5, 0.6) is 0 Å². The minimum Gasteiger partial charge on any atom is -0.355 e. The van der Waals surface area contributed by atoms with E-state index in [-0.39, 0.29) is 0 Å². The molecule has 0 aliphatic heterocycles. The molecule has 20 nitrogen and oxygen atoms in total. The van der Waals surface area contributed by atoms with Gasteiger partial charge in [-0.25, -0.2) is 0 Å². The highest BCUT2D eigenvalue weighted by atomic mass is 14.9. The van der Waals surface area contributed by atoms with Gasteiger partial charge >= 0.3 is 0 Å². The first-order valence-corrected chi connectivity index (χ1v) is 40.8. The van der Waals surface area contributed by atoms with Crippen LogP contribution in [0.25, 0.3) is 350 Å². The smallest absolute Gasteiger partial charge is 0.0574 e. The first-order valence-electron chi connectivity index (χ1n) is 40.8. The Morgan fingerprint density at radius 3 is 0.317 bits per heavy atom. The van der Waals surface area contributed by atoms with Crippen LogP contribution in [0, 0.1) is 0 Å². The van der Waals surface area contributed by atoms with Crippen molar-refractivity contribution < 1.29 is 0 Å². The van der Waals surface area contributed by atoms with Gasteiger partial charge in [-0.1, -0.05) is 0 Å². The molecule has 52 bridgehead atoms. The Kier molecular flexibility index (Phi) is 9.55. The average molecular weight is 1540 g/mol. The largest absolute Gasteiger partial charge is 0.355 e. The van der Waals surface area contributed by atoms with Crippen LogP contribution in [0.1, 0.15) is 0 Å². The number of aromatic nitrogens is 20. The van der Waals surface area contributed by atoms with Gasteiger partial charge in [0, 0.05) is 262 Å². The third kappa shape index (κ3) is 7.18. The van der Waals surface area contributed by atoms with Gasteiger partial charge in [-0.05, 0) is 218 Å². The third-order valence-corrected chi connectivity index (χ3v) is 27.4. The van der Waals surface area contributed by atoms with E-state index in [1.165, 1.54) is 0 Å². The van der Waals surface area contributed by atoms with Gasteiger partial charge in [0.2, 0.25) is 0 Å². The molecule has 120 heavy (non-hydrogen) atoms. The highest BCUT2D eigenvalue weighted by Gasteiger charge is 2.34. The van der Waals surface area contributed by atoms with E-state index in [0.717, 1.165) is 350 Å². The van der Waals surface area contributed by atoms with Gasteiger partial charge in [0.15, 0.2) is 0 Å². The first-order chi connectivity index (χ1) is 59.2. The molecule has 20 N–H and O–H groups in total. The fourth-order valence-corrected chi connectivity index (χ4v) is 23.0. The summed E-state index contributed by atoms with van der Waals surface area (Å²) in [5.74, 6) is 0. The number of fused-ring (bicyclic) bond motifs is 24. The number of benzene rings is 8. The molecule has 0 aliphatic carbocycles. The minimum absolute atomic E-state index is 0.959. The van der Waals surface area contributed by atoms with Gasteiger partial charge in [-0.15, -0.1) is 0 Å². The van der Waals surface area contributed by atoms with Gasteiger partial charge in [-0.2, -0.15) is 0 Å². The molecule has 556 valence electrons. The van der Waals surface area contributed by atoms with Crippen LogP contribution in [0.3, 0.4) is 0 Å². The third-order valence-electron chi connectivity index (χ3n) is 27.4. The van der Waals surface area contributed by atoms with Crippen molar-refractivity contribution in [3.05, 3.63) is 218 Å². The van der Waals surface area contributed by atoms with E-state index in [9.17, 15) is 0 Å². The van der Waals surface area contributed by atoms with Crippen molar-refractivity contribution in [1.82, 2.24) is 99.7 Å². The zero-order valence-corrected chi connectivity index (χ0v) is 62.8. The first kappa shape index (κ1) is 58.8. The SMILES string of the molecule is c1cc2cc3cc4c([nH]3)c3c5[nH]c(cc6ccc(cc1[nH]2)[nH]6)cc5c1c2[nH]c5c1c1cc6cc7ccc(cc8ccc(cc9cc%10c([nH]9)c(c1[nH]6)c5c1[nH]c5c(c6cc9cc%11ccc(cc%12ccc(cc%13cc%14c([nH]%13)c(c6[nH]9)c5c5[nH]c6c(c9cc%13cc%15ccc(cc%16ccc(cc%17cc%18c([nH]%17)c(c9[nH]%13)c6c6[nH]c(c4c%186)c23)[nH]%16)[nH]%15)c%145)[nH]%12)[nH]%11)c%101)[nH]8)[nH]7. The molecule has 0 atom stereocenters. The van der Waals surface area contributed by atoms with Crippen LogP contribution >= 0.6 is 0 Å².